The third-order valence-corrected chi connectivity index (χ3v) is 2.73. The van der Waals surface area contributed by atoms with Crippen LogP contribution in [0.1, 0.15) is 27.2 Å². The lowest BCUT2D eigenvalue weighted by Crippen LogP contribution is -2.44. The Kier molecular flexibility index (Phi) is 8.26. The van der Waals surface area contributed by atoms with Crippen molar-refractivity contribution in [3.05, 3.63) is 0 Å². The van der Waals surface area contributed by atoms with Crippen LogP contribution in [-0.2, 0) is 13.7 Å². The summed E-state index contributed by atoms with van der Waals surface area (Å²) in [7, 11) is 0. The second-order valence-electron chi connectivity index (χ2n) is 4.55. The maximum absolute atomic E-state index is 11.6. The van der Waals surface area contributed by atoms with Gasteiger partial charge in [-0.3, -0.25) is 0 Å². The molecule has 7 heteroatoms. The highest BCUT2D eigenvalue weighted by atomic mass is 32.2. The third-order valence-electron chi connectivity index (χ3n) is 1.75. The van der Waals surface area contributed by atoms with Gasteiger partial charge < -0.3 is 14.2 Å². The highest BCUT2D eigenvalue weighted by Gasteiger charge is 2.25. The summed E-state index contributed by atoms with van der Waals surface area (Å²) in [4.78, 5) is 23.2. The largest absolute Gasteiger partial charge is 0.444 e. The average molecular weight is 295 g/mol. The molecule has 0 heterocycles. The first kappa shape index (κ1) is 17.4. The molecule has 0 aliphatic carbocycles. The van der Waals surface area contributed by atoms with Gasteiger partial charge in [0, 0.05) is 6.26 Å². The lowest BCUT2D eigenvalue weighted by atomic mass is 10.2. The van der Waals surface area contributed by atoms with Crippen LogP contribution in [0, 0.1) is 0 Å². The SMILES string of the molecule is CSCCC(NC(=O)OC(C)(C)C)C(=O)OSC. The molecule has 0 saturated heterocycles. The van der Waals surface area contributed by atoms with Gasteiger partial charge in [-0.1, -0.05) is 0 Å². The molecule has 0 aliphatic heterocycles. The van der Waals surface area contributed by atoms with Gasteiger partial charge in [0.2, 0.25) is 0 Å². The minimum absolute atomic E-state index is 0.456. The van der Waals surface area contributed by atoms with Gasteiger partial charge in [0.25, 0.3) is 0 Å². The lowest BCUT2D eigenvalue weighted by molar-refractivity contribution is -0.135. The maximum atomic E-state index is 11.6. The van der Waals surface area contributed by atoms with E-state index in [9.17, 15) is 9.59 Å². The van der Waals surface area contributed by atoms with Gasteiger partial charge in [-0.2, -0.15) is 11.8 Å². The Morgan fingerprint density at radius 3 is 2.33 bits per heavy atom. The second-order valence-corrected chi connectivity index (χ2v) is 6.03. The highest BCUT2D eigenvalue weighted by Crippen LogP contribution is 2.10. The van der Waals surface area contributed by atoms with Crippen molar-refractivity contribution >= 4 is 35.9 Å². The van der Waals surface area contributed by atoms with Crippen LogP contribution in [0.25, 0.3) is 0 Å². The molecular weight excluding hydrogens is 274 g/mol. The van der Waals surface area contributed by atoms with Gasteiger partial charge in [-0.25, -0.2) is 9.59 Å². The zero-order valence-electron chi connectivity index (χ0n) is 11.4. The molecule has 0 saturated carbocycles. The quantitative estimate of drug-likeness (QED) is 0.759. The van der Waals surface area contributed by atoms with Crippen LogP contribution in [0.3, 0.4) is 0 Å². The van der Waals surface area contributed by atoms with Crippen LogP contribution in [-0.4, -0.2) is 42.0 Å². The van der Waals surface area contributed by atoms with E-state index >= 15 is 0 Å². The summed E-state index contributed by atoms with van der Waals surface area (Å²) >= 11 is 2.56. The van der Waals surface area contributed by atoms with Crippen molar-refractivity contribution in [2.75, 3.05) is 18.3 Å². The van der Waals surface area contributed by atoms with E-state index in [1.165, 1.54) is 0 Å². The topological polar surface area (TPSA) is 64.6 Å². The Bertz CT molecular complexity index is 279. The maximum Gasteiger partial charge on any atom is 0.408 e. The summed E-state index contributed by atoms with van der Waals surface area (Å²) in [5.41, 5.74) is -0.586. The molecule has 0 spiro atoms. The number of carbonyl (C=O) groups excluding carboxylic acids is 2. The fourth-order valence-electron chi connectivity index (χ4n) is 1.07. The smallest absolute Gasteiger partial charge is 0.408 e. The van der Waals surface area contributed by atoms with Crippen molar-refractivity contribution in [3.63, 3.8) is 0 Å². The molecule has 0 aromatic rings. The molecule has 0 rings (SSSR count). The van der Waals surface area contributed by atoms with E-state index in [2.05, 4.69) is 5.32 Å². The minimum atomic E-state index is -0.667. The van der Waals surface area contributed by atoms with E-state index in [4.69, 9.17) is 8.92 Å². The van der Waals surface area contributed by atoms with Gasteiger partial charge in [0.05, 0.1) is 12.0 Å². The molecule has 5 nitrogen and oxygen atoms in total. The van der Waals surface area contributed by atoms with Crippen molar-refractivity contribution in [3.8, 4) is 0 Å². The summed E-state index contributed by atoms with van der Waals surface area (Å²) in [5, 5.41) is 2.53. The standard InChI is InChI=1S/C11H21NO4S2/c1-11(2,3)15-10(14)12-8(6-7-17-4)9(13)16-18-5/h8H,6-7H2,1-5H3,(H,12,14). The lowest BCUT2D eigenvalue weighted by Gasteiger charge is -2.22. The fourth-order valence-corrected chi connectivity index (χ4v) is 1.83. The summed E-state index contributed by atoms with van der Waals surface area (Å²) in [5.74, 6) is 0.298. The van der Waals surface area contributed by atoms with Gasteiger partial charge in [0.15, 0.2) is 0 Å². The highest BCUT2D eigenvalue weighted by molar-refractivity contribution is 7.98. The van der Waals surface area contributed by atoms with Gasteiger partial charge in [-0.05, 0) is 39.2 Å². The number of hydrogen-bond donors (Lipinski definition) is 1. The third kappa shape index (κ3) is 8.52. The molecule has 0 bridgehead atoms. The van der Waals surface area contributed by atoms with Crippen molar-refractivity contribution < 1.29 is 18.5 Å². The predicted octanol–water partition coefficient (Wildman–Crippen LogP) is 2.45. The van der Waals surface area contributed by atoms with Crippen LogP contribution >= 0.6 is 23.8 Å². The first-order valence-corrected chi connectivity index (χ1v) is 8.07. The molecule has 0 radical (unpaired) electrons. The van der Waals surface area contributed by atoms with Gasteiger partial charge in [0.1, 0.15) is 11.6 Å². The summed E-state index contributed by atoms with van der Waals surface area (Å²) in [6.45, 7) is 5.30. The van der Waals surface area contributed by atoms with Crippen molar-refractivity contribution in [1.82, 2.24) is 5.32 Å². The van der Waals surface area contributed by atoms with E-state index in [1.807, 2.05) is 6.26 Å². The Balaban J connectivity index is 4.39. The number of ether oxygens (including phenoxy) is 1. The van der Waals surface area contributed by atoms with Crippen LogP contribution in [0.5, 0.6) is 0 Å². The second kappa shape index (κ2) is 8.53. The number of thioether (sulfide) groups is 1. The first-order chi connectivity index (χ1) is 8.30. The van der Waals surface area contributed by atoms with E-state index in [0.29, 0.717) is 6.42 Å². The Morgan fingerprint density at radius 1 is 1.28 bits per heavy atom. The Hall–Kier alpha value is -0.560. The van der Waals surface area contributed by atoms with E-state index in [0.717, 1.165) is 17.8 Å². The van der Waals surface area contributed by atoms with E-state index in [-0.39, 0.29) is 0 Å². The molecule has 1 amide bonds. The molecule has 0 aromatic carbocycles. The summed E-state index contributed by atoms with van der Waals surface area (Å²) in [6.07, 6.45) is 3.49. The molecular formula is C11H21NO4S2. The normalized spacial score (nSPS) is 12.7. The van der Waals surface area contributed by atoms with Gasteiger partial charge in [-0.15, -0.1) is 0 Å². The molecule has 18 heavy (non-hydrogen) atoms. The number of amides is 1. The predicted molar refractivity (Wildman–Crippen MR) is 75.8 cm³/mol. The summed E-state index contributed by atoms with van der Waals surface area (Å²) in [6, 6.07) is -0.667. The molecule has 1 atom stereocenters. The van der Waals surface area contributed by atoms with Gasteiger partial charge >= 0.3 is 12.1 Å². The van der Waals surface area contributed by atoms with Crippen LogP contribution < -0.4 is 5.32 Å². The van der Waals surface area contributed by atoms with Crippen molar-refractivity contribution in [1.29, 1.82) is 0 Å². The first-order valence-electron chi connectivity index (χ1n) is 5.53. The molecule has 0 aromatic heterocycles. The monoisotopic (exact) mass is 295 g/mol. The number of nitrogens with one attached hydrogen (secondary N) is 1. The molecule has 0 fully saturated rings. The Labute approximate surface area is 117 Å². The zero-order chi connectivity index (χ0) is 14.2. The number of hydrogen-bond acceptors (Lipinski definition) is 6. The molecule has 0 aliphatic rings. The molecule has 1 N–H and O–H groups in total. The molecule has 1 unspecified atom stereocenters. The number of carbonyl (C=O) groups is 2. The minimum Gasteiger partial charge on any atom is -0.444 e. The number of rotatable bonds is 6. The zero-order valence-corrected chi connectivity index (χ0v) is 13.1. The van der Waals surface area contributed by atoms with Crippen LogP contribution in [0.15, 0.2) is 0 Å². The van der Waals surface area contributed by atoms with Crippen molar-refractivity contribution in [2.24, 2.45) is 0 Å². The Morgan fingerprint density at radius 2 is 1.89 bits per heavy atom. The number of alkyl carbamates (subject to hydrolysis) is 1. The van der Waals surface area contributed by atoms with Crippen LogP contribution in [0.4, 0.5) is 4.79 Å². The molecule has 106 valence electrons. The van der Waals surface area contributed by atoms with Crippen LogP contribution in [0.2, 0.25) is 0 Å². The van der Waals surface area contributed by atoms with E-state index < -0.39 is 23.7 Å². The van der Waals surface area contributed by atoms with Crippen molar-refractivity contribution in [2.45, 2.75) is 38.8 Å². The average Bonchev–Trinajstić information content (AvgIpc) is 2.21. The van der Waals surface area contributed by atoms with E-state index in [1.54, 1.807) is 38.8 Å². The fraction of sp³-hybridized carbons (Fsp3) is 0.818. The summed E-state index contributed by atoms with van der Waals surface area (Å²) < 4.78 is 9.94.